The Morgan fingerprint density at radius 2 is 2.07 bits per heavy atom. The maximum Gasteiger partial charge on any atom is 0.338 e. The Bertz CT molecular complexity index is 872. The summed E-state index contributed by atoms with van der Waals surface area (Å²) in [6.45, 7) is 5.27. The average Bonchev–Trinajstić information content (AvgIpc) is 2.62. The minimum atomic E-state index is -1.18. The fraction of sp³-hybridized carbons (Fsp3) is 0.400. The second kappa shape index (κ2) is 9.22. The first-order chi connectivity index (χ1) is 13.3. The molecule has 0 saturated heterocycles. The van der Waals surface area contributed by atoms with Crippen molar-refractivity contribution in [3.63, 3.8) is 0 Å². The van der Waals surface area contributed by atoms with E-state index in [4.69, 9.17) is 19.9 Å². The number of unbranched alkanes of at least 4 members (excludes halogenated alkanes) is 1. The highest BCUT2D eigenvalue weighted by atomic mass is 19.1. The van der Waals surface area contributed by atoms with Crippen molar-refractivity contribution in [1.82, 2.24) is 0 Å². The number of carbonyl (C=O) groups excluding carboxylic acids is 1. The highest BCUT2D eigenvalue weighted by Crippen LogP contribution is 2.44. The van der Waals surface area contributed by atoms with E-state index in [0.717, 1.165) is 12.5 Å². The quantitative estimate of drug-likeness (QED) is 0.560. The Kier molecular flexibility index (Phi) is 6.99. The summed E-state index contributed by atoms with van der Waals surface area (Å²) in [6.07, 6.45) is 1.45. The van der Waals surface area contributed by atoms with Gasteiger partial charge in [-0.25, -0.2) is 13.6 Å². The molecule has 8 heteroatoms. The van der Waals surface area contributed by atoms with Crippen LogP contribution in [0.25, 0.3) is 0 Å². The number of nitriles is 1. The number of carbonyl (C=O) groups is 1. The summed E-state index contributed by atoms with van der Waals surface area (Å²) in [6, 6.07) is 3.58. The molecule has 0 spiro atoms. The number of ether oxygens (including phenoxy) is 3. The second-order valence-electron chi connectivity index (χ2n) is 6.12. The molecule has 1 unspecified atom stereocenters. The molecule has 1 aromatic rings. The summed E-state index contributed by atoms with van der Waals surface area (Å²) >= 11 is 0. The van der Waals surface area contributed by atoms with Gasteiger partial charge in [0, 0.05) is 11.6 Å². The molecule has 0 radical (unpaired) electrons. The van der Waals surface area contributed by atoms with Crippen LogP contribution in [-0.4, -0.2) is 19.2 Å². The van der Waals surface area contributed by atoms with Crippen LogP contribution in [0.3, 0.4) is 0 Å². The standard InChI is InChI=1S/C20H22F2N2O4/c1-4-6-7-27-18-13(8-12(21)9-15(18)22)17-14(10-23)19(24)28-11(3)16(17)20(25)26-5-2/h8-9,17H,4-7,24H2,1-3H3. The predicted molar refractivity (Wildman–Crippen MR) is 96.7 cm³/mol. The monoisotopic (exact) mass is 392 g/mol. The number of benzene rings is 1. The molecule has 1 aliphatic heterocycles. The van der Waals surface area contributed by atoms with Gasteiger partial charge in [-0.1, -0.05) is 13.3 Å². The fourth-order valence-corrected chi connectivity index (χ4v) is 2.93. The molecule has 1 aliphatic rings. The normalized spacial score (nSPS) is 16.5. The molecule has 0 saturated carbocycles. The van der Waals surface area contributed by atoms with Crippen molar-refractivity contribution in [1.29, 1.82) is 5.26 Å². The maximum absolute atomic E-state index is 14.5. The first kappa shape index (κ1) is 21.2. The van der Waals surface area contributed by atoms with Gasteiger partial charge in [0.2, 0.25) is 5.88 Å². The van der Waals surface area contributed by atoms with Crippen LogP contribution < -0.4 is 10.5 Å². The Labute approximate surface area is 162 Å². The third kappa shape index (κ3) is 4.25. The molecule has 1 aromatic carbocycles. The van der Waals surface area contributed by atoms with Gasteiger partial charge in [-0.3, -0.25) is 0 Å². The molecule has 28 heavy (non-hydrogen) atoms. The summed E-state index contributed by atoms with van der Waals surface area (Å²) in [4.78, 5) is 12.5. The summed E-state index contributed by atoms with van der Waals surface area (Å²) < 4.78 is 44.5. The van der Waals surface area contributed by atoms with Crippen LogP contribution in [0.1, 0.15) is 45.1 Å². The van der Waals surface area contributed by atoms with Crippen molar-refractivity contribution in [2.45, 2.75) is 39.5 Å². The lowest BCUT2D eigenvalue weighted by atomic mass is 9.82. The van der Waals surface area contributed by atoms with E-state index in [-0.39, 0.29) is 47.3 Å². The first-order valence-electron chi connectivity index (χ1n) is 8.92. The van der Waals surface area contributed by atoms with Crippen LogP contribution in [0, 0.1) is 23.0 Å². The van der Waals surface area contributed by atoms with E-state index in [0.29, 0.717) is 12.5 Å². The van der Waals surface area contributed by atoms with Crippen molar-refractivity contribution in [2.24, 2.45) is 5.73 Å². The lowest BCUT2D eigenvalue weighted by Crippen LogP contribution is -2.26. The number of hydrogen-bond acceptors (Lipinski definition) is 6. The molecule has 0 amide bonds. The summed E-state index contributed by atoms with van der Waals surface area (Å²) in [7, 11) is 0. The number of nitrogens with zero attached hydrogens (tertiary/aromatic N) is 1. The van der Waals surface area contributed by atoms with E-state index < -0.39 is 23.5 Å². The van der Waals surface area contributed by atoms with E-state index in [1.54, 1.807) is 6.92 Å². The second-order valence-corrected chi connectivity index (χ2v) is 6.12. The lowest BCUT2D eigenvalue weighted by Gasteiger charge is -2.28. The van der Waals surface area contributed by atoms with E-state index >= 15 is 0 Å². The van der Waals surface area contributed by atoms with Crippen LogP contribution in [-0.2, 0) is 14.3 Å². The van der Waals surface area contributed by atoms with Crippen molar-refractivity contribution in [3.8, 4) is 11.8 Å². The number of hydrogen-bond donors (Lipinski definition) is 1. The number of esters is 1. The maximum atomic E-state index is 14.5. The van der Waals surface area contributed by atoms with Crippen LogP contribution in [0.15, 0.2) is 34.9 Å². The summed E-state index contributed by atoms with van der Waals surface area (Å²) in [5.74, 6) is -4.16. The molecule has 150 valence electrons. The topological polar surface area (TPSA) is 94.6 Å². The van der Waals surface area contributed by atoms with Gasteiger partial charge >= 0.3 is 5.97 Å². The third-order valence-corrected chi connectivity index (χ3v) is 4.19. The van der Waals surface area contributed by atoms with E-state index in [1.165, 1.54) is 6.92 Å². The van der Waals surface area contributed by atoms with Crippen molar-refractivity contribution in [2.75, 3.05) is 13.2 Å². The van der Waals surface area contributed by atoms with Crippen LogP contribution in [0.5, 0.6) is 5.75 Å². The molecule has 1 atom stereocenters. The van der Waals surface area contributed by atoms with E-state index in [9.17, 15) is 18.8 Å². The van der Waals surface area contributed by atoms with Crippen molar-refractivity contribution < 1.29 is 27.8 Å². The van der Waals surface area contributed by atoms with Gasteiger partial charge in [-0.2, -0.15) is 5.26 Å². The molecule has 2 rings (SSSR count). The minimum Gasteiger partial charge on any atom is -0.490 e. The van der Waals surface area contributed by atoms with Gasteiger partial charge in [0.05, 0.1) is 24.7 Å². The van der Waals surface area contributed by atoms with Gasteiger partial charge in [0.1, 0.15) is 23.2 Å². The van der Waals surface area contributed by atoms with E-state index in [1.807, 2.05) is 13.0 Å². The van der Waals surface area contributed by atoms with Crippen molar-refractivity contribution in [3.05, 3.63) is 52.1 Å². The number of rotatable bonds is 7. The smallest absolute Gasteiger partial charge is 0.338 e. The first-order valence-corrected chi connectivity index (χ1v) is 8.92. The molecular weight excluding hydrogens is 370 g/mol. The minimum absolute atomic E-state index is 0.0289. The Hall–Kier alpha value is -3.08. The fourth-order valence-electron chi connectivity index (χ4n) is 2.93. The van der Waals surface area contributed by atoms with Gasteiger partial charge in [0.25, 0.3) is 0 Å². The highest BCUT2D eigenvalue weighted by molar-refractivity contribution is 5.92. The zero-order chi connectivity index (χ0) is 20.8. The molecule has 0 bridgehead atoms. The summed E-state index contributed by atoms with van der Waals surface area (Å²) in [5, 5.41) is 9.58. The zero-order valence-electron chi connectivity index (χ0n) is 16.0. The molecular formula is C20H22F2N2O4. The molecule has 0 aromatic heterocycles. The molecule has 2 N–H and O–H groups in total. The van der Waals surface area contributed by atoms with Crippen LogP contribution in [0.2, 0.25) is 0 Å². The van der Waals surface area contributed by atoms with Crippen LogP contribution >= 0.6 is 0 Å². The Morgan fingerprint density at radius 3 is 2.68 bits per heavy atom. The van der Waals surface area contributed by atoms with Crippen LogP contribution in [0.4, 0.5) is 8.78 Å². The van der Waals surface area contributed by atoms with Gasteiger partial charge in [-0.05, 0) is 26.3 Å². The molecule has 0 aliphatic carbocycles. The van der Waals surface area contributed by atoms with Gasteiger partial charge in [0.15, 0.2) is 11.6 Å². The molecule has 0 fully saturated rings. The molecule has 6 nitrogen and oxygen atoms in total. The zero-order valence-corrected chi connectivity index (χ0v) is 16.0. The van der Waals surface area contributed by atoms with E-state index in [2.05, 4.69) is 0 Å². The molecule has 1 heterocycles. The van der Waals surface area contributed by atoms with Gasteiger partial charge < -0.3 is 19.9 Å². The highest BCUT2D eigenvalue weighted by Gasteiger charge is 2.38. The van der Waals surface area contributed by atoms with Crippen molar-refractivity contribution >= 4 is 5.97 Å². The number of halogens is 2. The SMILES string of the molecule is CCCCOc1c(F)cc(F)cc1C1C(C#N)=C(N)OC(C)=C1C(=O)OCC. The Balaban J connectivity index is 2.70. The predicted octanol–water partition coefficient (Wildman–Crippen LogP) is 3.79. The lowest BCUT2D eigenvalue weighted by molar-refractivity contribution is -0.139. The largest absolute Gasteiger partial charge is 0.490 e. The third-order valence-electron chi connectivity index (χ3n) is 4.19. The van der Waals surface area contributed by atoms with Gasteiger partial charge in [-0.15, -0.1) is 0 Å². The number of allylic oxidation sites excluding steroid dienone is 2. The Morgan fingerprint density at radius 1 is 1.36 bits per heavy atom. The summed E-state index contributed by atoms with van der Waals surface area (Å²) in [5.41, 5.74) is 5.57. The average molecular weight is 392 g/mol. The number of nitrogens with two attached hydrogens (primary N) is 1.